The summed E-state index contributed by atoms with van der Waals surface area (Å²) in [6.07, 6.45) is -1.53. The van der Waals surface area contributed by atoms with Gasteiger partial charge >= 0.3 is 6.03 Å². The van der Waals surface area contributed by atoms with Crippen LogP contribution in [0.2, 0.25) is 5.02 Å². The lowest BCUT2D eigenvalue weighted by Crippen LogP contribution is -2.43. The summed E-state index contributed by atoms with van der Waals surface area (Å²) in [5.74, 6) is -0.282. The molecule has 1 aromatic rings. The zero-order valence-electron chi connectivity index (χ0n) is 11.4. The molecule has 2 atom stereocenters. The van der Waals surface area contributed by atoms with Gasteiger partial charge in [-0.05, 0) is 31.5 Å². The van der Waals surface area contributed by atoms with Gasteiger partial charge in [0.2, 0.25) is 0 Å². The second-order valence-electron chi connectivity index (χ2n) is 4.19. The number of imide groups is 1. The summed E-state index contributed by atoms with van der Waals surface area (Å²) in [5.41, 5.74) is 0.643. The topological polar surface area (TPSA) is 87.7 Å². The lowest BCUT2D eigenvalue weighted by atomic mass is 10.1. The van der Waals surface area contributed by atoms with E-state index in [1.807, 2.05) is 0 Å². The number of urea groups is 1. The van der Waals surface area contributed by atoms with Gasteiger partial charge in [0.05, 0.1) is 11.1 Å². The van der Waals surface area contributed by atoms with E-state index in [2.05, 4.69) is 10.6 Å². The van der Waals surface area contributed by atoms with Gasteiger partial charge in [-0.1, -0.05) is 17.7 Å². The predicted octanol–water partition coefficient (Wildman–Crippen LogP) is 1.62. The molecule has 1 rings (SSSR count). The Labute approximate surface area is 122 Å². The lowest BCUT2D eigenvalue weighted by Gasteiger charge is -2.16. The molecule has 0 bridgehead atoms. The van der Waals surface area contributed by atoms with Crippen LogP contribution in [-0.4, -0.2) is 30.2 Å². The van der Waals surface area contributed by atoms with Crippen molar-refractivity contribution in [1.29, 1.82) is 0 Å². The molecular weight excluding hydrogens is 284 g/mol. The molecular formula is C13H17ClN2O4. The molecule has 0 fully saturated rings. The fourth-order valence-corrected chi connectivity index (χ4v) is 1.63. The smallest absolute Gasteiger partial charge is 0.321 e. The number of benzene rings is 1. The van der Waals surface area contributed by atoms with Crippen LogP contribution in [0.15, 0.2) is 18.2 Å². The maximum absolute atomic E-state index is 11.6. The molecule has 110 valence electrons. The summed E-state index contributed by atoms with van der Waals surface area (Å²) in [6, 6.07) is 4.16. The number of aliphatic hydroxyl groups excluding tert-OH is 1. The van der Waals surface area contributed by atoms with Crippen LogP contribution in [0, 0.1) is 0 Å². The third-order valence-corrected chi connectivity index (χ3v) is 2.87. The van der Waals surface area contributed by atoms with Crippen LogP contribution in [0.3, 0.4) is 0 Å². The number of halogens is 1. The molecule has 3 amide bonds. The van der Waals surface area contributed by atoms with Gasteiger partial charge in [0.15, 0.2) is 6.10 Å². The molecule has 0 aliphatic carbocycles. The minimum absolute atomic E-state index is 0.281. The fourth-order valence-electron chi connectivity index (χ4n) is 1.39. The monoisotopic (exact) mass is 300 g/mol. The van der Waals surface area contributed by atoms with Crippen molar-refractivity contribution >= 4 is 23.5 Å². The van der Waals surface area contributed by atoms with Crippen LogP contribution in [-0.2, 0) is 4.79 Å². The molecule has 20 heavy (non-hydrogen) atoms. The van der Waals surface area contributed by atoms with E-state index in [4.69, 9.17) is 16.3 Å². The van der Waals surface area contributed by atoms with Crippen molar-refractivity contribution < 1.29 is 19.4 Å². The lowest BCUT2D eigenvalue weighted by molar-refractivity contribution is -0.126. The Morgan fingerprint density at radius 3 is 2.50 bits per heavy atom. The molecule has 0 aromatic heterocycles. The molecule has 0 radical (unpaired) electrons. The van der Waals surface area contributed by atoms with Crippen molar-refractivity contribution in [3.63, 3.8) is 0 Å². The molecule has 3 N–H and O–H groups in total. The van der Waals surface area contributed by atoms with Crippen LogP contribution in [0.5, 0.6) is 5.75 Å². The van der Waals surface area contributed by atoms with Crippen LogP contribution in [0.25, 0.3) is 0 Å². The van der Waals surface area contributed by atoms with E-state index in [1.165, 1.54) is 14.0 Å². The SMILES string of the molecule is CNC(=O)NC(=O)C(C)Oc1ccc(C(C)O)cc1Cl. The molecule has 0 saturated heterocycles. The Morgan fingerprint density at radius 2 is 2.00 bits per heavy atom. The zero-order chi connectivity index (χ0) is 15.3. The van der Waals surface area contributed by atoms with Gasteiger partial charge in [-0.25, -0.2) is 4.79 Å². The van der Waals surface area contributed by atoms with E-state index in [-0.39, 0.29) is 5.02 Å². The standard InChI is InChI=1S/C13H17ClN2O4/c1-7(17)9-4-5-11(10(14)6-9)20-8(2)12(18)16-13(19)15-3/h4-8,17H,1-3H3,(H2,15,16,18,19). The first kappa shape index (κ1) is 16.3. The van der Waals surface area contributed by atoms with Gasteiger partial charge in [-0.3, -0.25) is 10.1 Å². The van der Waals surface area contributed by atoms with Crippen molar-refractivity contribution in [3.05, 3.63) is 28.8 Å². The van der Waals surface area contributed by atoms with E-state index in [0.29, 0.717) is 11.3 Å². The highest BCUT2D eigenvalue weighted by Gasteiger charge is 2.18. The van der Waals surface area contributed by atoms with Gasteiger partial charge in [-0.2, -0.15) is 0 Å². The molecule has 2 unspecified atom stereocenters. The first-order valence-corrected chi connectivity index (χ1v) is 6.39. The predicted molar refractivity (Wildman–Crippen MR) is 74.8 cm³/mol. The van der Waals surface area contributed by atoms with Gasteiger partial charge in [0.1, 0.15) is 5.75 Å². The summed E-state index contributed by atoms with van der Waals surface area (Å²) in [5, 5.41) is 14.1. The highest BCUT2D eigenvalue weighted by atomic mass is 35.5. The Morgan fingerprint density at radius 1 is 1.35 bits per heavy atom. The third kappa shape index (κ3) is 4.40. The molecule has 0 aliphatic rings. The van der Waals surface area contributed by atoms with Crippen molar-refractivity contribution in [2.24, 2.45) is 0 Å². The van der Waals surface area contributed by atoms with Gasteiger partial charge in [-0.15, -0.1) is 0 Å². The van der Waals surface area contributed by atoms with Gasteiger partial charge < -0.3 is 15.2 Å². The summed E-state index contributed by atoms with van der Waals surface area (Å²) in [4.78, 5) is 22.6. The highest BCUT2D eigenvalue weighted by Crippen LogP contribution is 2.28. The number of ether oxygens (including phenoxy) is 1. The number of rotatable bonds is 4. The summed E-state index contributed by atoms with van der Waals surface area (Å²) in [6.45, 7) is 3.11. The molecule has 0 spiro atoms. The minimum atomic E-state index is -0.887. The van der Waals surface area contributed by atoms with Crippen LogP contribution in [0.4, 0.5) is 4.79 Å². The molecule has 0 heterocycles. The van der Waals surface area contributed by atoms with Gasteiger partial charge in [0, 0.05) is 7.05 Å². The zero-order valence-corrected chi connectivity index (χ0v) is 12.2. The van der Waals surface area contributed by atoms with Crippen molar-refractivity contribution in [3.8, 4) is 5.75 Å². The number of nitrogens with one attached hydrogen (secondary N) is 2. The number of hydrogen-bond acceptors (Lipinski definition) is 4. The first-order valence-electron chi connectivity index (χ1n) is 6.02. The third-order valence-electron chi connectivity index (χ3n) is 2.58. The van der Waals surface area contributed by atoms with Crippen molar-refractivity contribution in [1.82, 2.24) is 10.6 Å². The largest absolute Gasteiger partial charge is 0.479 e. The van der Waals surface area contributed by atoms with Crippen LogP contribution in [0.1, 0.15) is 25.5 Å². The number of hydrogen-bond donors (Lipinski definition) is 3. The van der Waals surface area contributed by atoms with E-state index < -0.39 is 24.1 Å². The van der Waals surface area contributed by atoms with E-state index >= 15 is 0 Å². The molecule has 0 saturated carbocycles. The average molecular weight is 301 g/mol. The number of carbonyl (C=O) groups excluding carboxylic acids is 2. The molecule has 7 heteroatoms. The minimum Gasteiger partial charge on any atom is -0.479 e. The van der Waals surface area contributed by atoms with Crippen LogP contribution >= 0.6 is 11.6 Å². The number of carbonyl (C=O) groups is 2. The Kier molecular flexibility index (Phi) is 5.79. The average Bonchev–Trinajstić information content (AvgIpc) is 2.40. The Balaban J connectivity index is 2.73. The second-order valence-corrected chi connectivity index (χ2v) is 4.60. The second kappa shape index (κ2) is 7.12. The summed E-state index contributed by atoms with van der Waals surface area (Å²) < 4.78 is 5.38. The molecule has 1 aromatic carbocycles. The highest BCUT2D eigenvalue weighted by molar-refractivity contribution is 6.32. The van der Waals surface area contributed by atoms with Gasteiger partial charge in [0.25, 0.3) is 5.91 Å². The van der Waals surface area contributed by atoms with Crippen molar-refractivity contribution in [2.45, 2.75) is 26.1 Å². The maximum Gasteiger partial charge on any atom is 0.321 e. The van der Waals surface area contributed by atoms with Crippen LogP contribution < -0.4 is 15.4 Å². The maximum atomic E-state index is 11.6. The summed E-state index contributed by atoms with van der Waals surface area (Å²) in [7, 11) is 1.40. The quantitative estimate of drug-likeness (QED) is 0.788. The molecule has 6 nitrogen and oxygen atoms in total. The van der Waals surface area contributed by atoms with E-state index in [1.54, 1.807) is 25.1 Å². The number of amides is 3. The van der Waals surface area contributed by atoms with E-state index in [9.17, 15) is 14.7 Å². The summed E-state index contributed by atoms with van der Waals surface area (Å²) >= 11 is 6.01. The van der Waals surface area contributed by atoms with Crippen molar-refractivity contribution in [2.75, 3.05) is 7.05 Å². The Bertz CT molecular complexity index is 505. The fraction of sp³-hybridized carbons (Fsp3) is 0.385. The normalized spacial score (nSPS) is 13.2. The van der Waals surface area contributed by atoms with E-state index in [0.717, 1.165) is 0 Å². The first-order chi connectivity index (χ1) is 9.35. The molecule has 0 aliphatic heterocycles. The Hall–Kier alpha value is -1.79. The number of aliphatic hydroxyl groups is 1.